The van der Waals surface area contributed by atoms with Crippen LogP contribution in [0.25, 0.3) is 11.3 Å². The van der Waals surface area contributed by atoms with Crippen molar-refractivity contribution >= 4 is 23.2 Å². The van der Waals surface area contributed by atoms with Crippen molar-refractivity contribution in [3.05, 3.63) is 66.2 Å². The van der Waals surface area contributed by atoms with E-state index in [0.717, 1.165) is 18.3 Å². The summed E-state index contributed by atoms with van der Waals surface area (Å²) in [6.07, 6.45) is -2.15. The molecule has 1 aliphatic rings. The lowest BCUT2D eigenvalue weighted by Crippen LogP contribution is -2.45. The Kier molecular flexibility index (Phi) is 5.22. The number of carbonyl (C=O) groups excluding carboxylic acids is 1. The minimum absolute atomic E-state index is 0.0329. The van der Waals surface area contributed by atoms with Gasteiger partial charge in [-0.3, -0.25) is 9.88 Å². The van der Waals surface area contributed by atoms with Crippen LogP contribution in [0, 0.1) is 5.82 Å². The third kappa shape index (κ3) is 4.14. The minimum atomic E-state index is -4.48. The number of rotatable bonds is 2. The van der Waals surface area contributed by atoms with E-state index in [1.54, 1.807) is 12.1 Å². The van der Waals surface area contributed by atoms with Gasteiger partial charge in [0.15, 0.2) is 11.6 Å². The van der Waals surface area contributed by atoms with Crippen LogP contribution in [-0.4, -0.2) is 36.1 Å². The molecule has 6 nitrogen and oxygen atoms in total. The van der Waals surface area contributed by atoms with Gasteiger partial charge in [0.2, 0.25) is 0 Å². The number of likely N-dealkylation sites (N-methyl/N-ethyl adjacent to an activating group) is 1. The molecule has 3 aromatic rings. The van der Waals surface area contributed by atoms with Crippen LogP contribution in [0.15, 0.2) is 54.9 Å². The van der Waals surface area contributed by atoms with Crippen molar-refractivity contribution in [2.24, 2.45) is 0 Å². The summed E-state index contributed by atoms with van der Waals surface area (Å²) in [6, 6.07) is 8.86. The Bertz CT molecular complexity index is 1130. The number of carbonyl (C=O) groups is 1. The largest absolute Gasteiger partial charge is 0.416 e. The lowest BCUT2D eigenvalue weighted by Gasteiger charge is -2.34. The van der Waals surface area contributed by atoms with Crippen LogP contribution < -0.4 is 15.1 Å². The van der Waals surface area contributed by atoms with Gasteiger partial charge in [0.05, 0.1) is 28.8 Å². The molecule has 0 atom stereocenters. The average molecular weight is 431 g/mol. The first-order chi connectivity index (χ1) is 14.7. The van der Waals surface area contributed by atoms with Crippen molar-refractivity contribution in [3.63, 3.8) is 0 Å². The van der Waals surface area contributed by atoms with Crippen molar-refractivity contribution < 1.29 is 22.4 Å². The smallest absolute Gasteiger partial charge is 0.370 e. The molecule has 4 rings (SSSR count). The molecule has 0 fully saturated rings. The first kappa shape index (κ1) is 20.6. The Balaban J connectivity index is 1.70. The number of pyridine rings is 2. The van der Waals surface area contributed by atoms with Crippen molar-refractivity contribution in [1.82, 2.24) is 9.97 Å². The highest BCUT2D eigenvalue weighted by Gasteiger charge is 2.31. The minimum Gasteiger partial charge on any atom is -0.370 e. The van der Waals surface area contributed by atoms with Crippen LogP contribution in [0.1, 0.15) is 5.56 Å². The van der Waals surface area contributed by atoms with Crippen molar-refractivity contribution in [3.8, 4) is 11.3 Å². The molecular formula is C21H17F4N5O. The Labute approximate surface area is 175 Å². The van der Waals surface area contributed by atoms with Crippen LogP contribution >= 0.6 is 0 Å². The fourth-order valence-electron chi connectivity index (χ4n) is 3.29. The molecular weight excluding hydrogens is 414 g/mol. The average Bonchev–Trinajstić information content (AvgIpc) is 2.75. The summed E-state index contributed by atoms with van der Waals surface area (Å²) in [4.78, 5) is 24.2. The van der Waals surface area contributed by atoms with Crippen LogP contribution in [0.3, 0.4) is 0 Å². The summed E-state index contributed by atoms with van der Waals surface area (Å²) in [5.74, 6) is -0.411. The number of hydrogen-bond acceptors (Lipinski definition) is 4. The zero-order valence-corrected chi connectivity index (χ0v) is 16.3. The molecule has 0 radical (unpaired) electrons. The lowest BCUT2D eigenvalue weighted by atomic mass is 10.1. The number of alkyl halides is 3. The molecule has 3 heterocycles. The van der Waals surface area contributed by atoms with Gasteiger partial charge in [-0.2, -0.15) is 13.2 Å². The number of anilines is 3. The Hall–Kier alpha value is -3.69. The van der Waals surface area contributed by atoms with Gasteiger partial charge in [-0.25, -0.2) is 14.2 Å². The molecule has 1 N–H and O–H groups in total. The summed E-state index contributed by atoms with van der Waals surface area (Å²) in [7, 11) is 1.82. The maximum atomic E-state index is 13.9. The van der Waals surface area contributed by atoms with E-state index in [-0.39, 0.29) is 29.3 Å². The van der Waals surface area contributed by atoms with Gasteiger partial charge in [0.1, 0.15) is 0 Å². The highest BCUT2D eigenvalue weighted by atomic mass is 19.4. The van der Waals surface area contributed by atoms with E-state index >= 15 is 0 Å². The number of fused-ring (bicyclic) bond motifs is 1. The number of aromatic nitrogens is 2. The number of nitrogens with one attached hydrogen (secondary N) is 1. The second-order valence-corrected chi connectivity index (χ2v) is 6.98. The summed E-state index contributed by atoms with van der Waals surface area (Å²) in [5, 5.41) is 2.49. The van der Waals surface area contributed by atoms with Crippen molar-refractivity contribution in [2.45, 2.75) is 6.18 Å². The van der Waals surface area contributed by atoms with Gasteiger partial charge < -0.3 is 10.2 Å². The molecule has 0 unspecified atom stereocenters. The molecule has 0 bridgehead atoms. The highest BCUT2D eigenvalue weighted by Crippen LogP contribution is 2.35. The molecule has 0 aliphatic carbocycles. The Morgan fingerprint density at radius 1 is 1.13 bits per heavy atom. The van der Waals surface area contributed by atoms with Crippen LogP contribution in [0.4, 0.5) is 39.5 Å². The third-order valence-electron chi connectivity index (χ3n) is 4.93. The van der Waals surface area contributed by atoms with Crippen LogP contribution in [-0.2, 0) is 6.18 Å². The molecule has 0 saturated carbocycles. The normalized spacial score (nSPS) is 13.7. The van der Waals surface area contributed by atoms with Crippen LogP contribution in [0.2, 0.25) is 0 Å². The number of amides is 2. The fourth-order valence-corrected chi connectivity index (χ4v) is 3.29. The Morgan fingerprint density at radius 3 is 2.68 bits per heavy atom. The molecule has 0 saturated heterocycles. The van der Waals surface area contributed by atoms with Gasteiger partial charge in [0, 0.05) is 31.9 Å². The molecule has 0 spiro atoms. The number of urea groups is 1. The maximum Gasteiger partial charge on any atom is 0.416 e. The van der Waals surface area contributed by atoms with E-state index in [1.165, 1.54) is 29.3 Å². The van der Waals surface area contributed by atoms with Gasteiger partial charge in [-0.1, -0.05) is 12.1 Å². The molecule has 1 aliphatic heterocycles. The zero-order chi connectivity index (χ0) is 22.2. The lowest BCUT2D eigenvalue weighted by molar-refractivity contribution is -0.137. The van der Waals surface area contributed by atoms with Gasteiger partial charge in [-0.05, 0) is 30.3 Å². The van der Waals surface area contributed by atoms with E-state index in [4.69, 9.17) is 0 Å². The fraction of sp³-hybridized carbons (Fsp3) is 0.190. The number of halogens is 4. The number of hydrogen-bond donors (Lipinski definition) is 1. The van der Waals surface area contributed by atoms with E-state index in [1.807, 2.05) is 11.9 Å². The predicted molar refractivity (Wildman–Crippen MR) is 109 cm³/mol. The quantitative estimate of drug-likeness (QED) is 0.593. The van der Waals surface area contributed by atoms with Gasteiger partial charge in [0.25, 0.3) is 0 Å². The summed E-state index contributed by atoms with van der Waals surface area (Å²) >= 11 is 0. The van der Waals surface area contributed by atoms with Crippen molar-refractivity contribution in [1.29, 1.82) is 0 Å². The van der Waals surface area contributed by atoms with E-state index in [0.29, 0.717) is 12.2 Å². The standard InChI is InChI=1S/C21H17F4N5O/c1-29-9-10-30(20(31)28-17-7-8-26-12-15(17)22)19-18(29)6-5-16(27-19)13-3-2-4-14(11-13)21(23,24)25/h2-8,11-12H,9-10H2,1H3,(H,26,28,31). The first-order valence-corrected chi connectivity index (χ1v) is 9.32. The molecule has 31 heavy (non-hydrogen) atoms. The molecule has 10 heteroatoms. The molecule has 2 amide bonds. The molecule has 2 aromatic heterocycles. The summed E-state index contributed by atoms with van der Waals surface area (Å²) in [6.45, 7) is 0.769. The topological polar surface area (TPSA) is 61.4 Å². The SMILES string of the molecule is CN1CCN(C(=O)Nc2ccncc2F)c2nc(-c3cccc(C(F)(F)F)c3)ccc21. The Morgan fingerprint density at radius 2 is 1.94 bits per heavy atom. The zero-order valence-electron chi connectivity index (χ0n) is 16.3. The van der Waals surface area contributed by atoms with Gasteiger partial charge in [-0.15, -0.1) is 0 Å². The monoisotopic (exact) mass is 431 g/mol. The number of nitrogens with zero attached hydrogens (tertiary/aromatic N) is 4. The van der Waals surface area contributed by atoms with Crippen molar-refractivity contribution in [2.75, 3.05) is 35.3 Å². The van der Waals surface area contributed by atoms with Crippen LogP contribution in [0.5, 0.6) is 0 Å². The van der Waals surface area contributed by atoms with E-state index < -0.39 is 23.6 Å². The molecule has 160 valence electrons. The third-order valence-corrected chi connectivity index (χ3v) is 4.93. The first-order valence-electron chi connectivity index (χ1n) is 9.32. The molecule has 1 aromatic carbocycles. The number of benzene rings is 1. The maximum absolute atomic E-state index is 13.9. The van der Waals surface area contributed by atoms with Gasteiger partial charge >= 0.3 is 12.2 Å². The second kappa shape index (κ2) is 7.86. The predicted octanol–water partition coefficient (Wildman–Crippen LogP) is 4.79. The summed E-state index contributed by atoms with van der Waals surface area (Å²) in [5.41, 5.74) is 0.366. The van der Waals surface area contributed by atoms with E-state index in [9.17, 15) is 22.4 Å². The van der Waals surface area contributed by atoms with E-state index in [2.05, 4.69) is 15.3 Å². The second-order valence-electron chi connectivity index (χ2n) is 6.98. The highest BCUT2D eigenvalue weighted by molar-refractivity contribution is 6.03. The summed E-state index contributed by atoms with van der Waals surface area (Å²) < 4.78 is 53.2.